The monoisotopic (exact) mass is 475 g/mol. The third-order valence-electron chi connectivity index (χ3n) is 6.41. The van der Waals surface area contributed by atoms with Crippen molar-refractivity contribution in [2.24, 2.45) is 0 Å². The van der Waals surface area contributed by atoms with E-state index in [9.17, 15) is 13.2 Å². The van der Waals surface area contributed by atoms with Gasteiger partial charge in [0.2, 0.25) is 10.0 Å². The van der Waals surface area contributed by atoms with Gasteiger partial charge in [-0.3, -0.25) is 9.69 Å². The number of nitrogens with zero attached hydrogens (tertiary/aromatic N) is 3. The summed E-state index contributed by atoms with van der Waals surface area (Å²) in [4.78, 5) is 17.4. The van der Waals surface area contributed by atoms with Gasteiger partial charge in [-0.15, -0.1) is 0 Å². The predicted molar refractivity (Wildman–Crippen MR) is 126 cm³/mol. The van der Waals surface area contributed by atoms with Crippen molar-refractivity contribution in [3.05, 3.63) is 64.7 Å². The molecular weight excluding hydrogens is 446 g/mol. The average Bonchev–Trinajstić information content (AvgIpc) is 2.81. The lowest BCUT2D eigenvalue weighted by Crippen LogP contribution is -2.48. The third-order valence-corrected chi connectivity index (χ3v) is 8.67. The number of amides is 1. The Balaban J connectivity index is 1.40. The van der Waals surface area contributed by atoms with Gasteiger partial charge in [0.25, 0.3) is 5.91 Å². The van der Waals surface area contributed by atoms with E-state index in [2.05, 4.69) is 4.90 Å². The van der Waals surface area contributed by atoms with Crippen LogP contribution in [0, 0.1) is 0 Å². The van der Waals surface area contributed by atoms with Crippen LogP contribution in [0.4, 0.5) is 0 Å². The van der Waals surface area contributed by atoms with Gasteiger partial charge in [0.15, 0.2) is 0 Å². The van der Waals surface area contributed by atoms with Crippen molar-refractivity contribution in [1.82, 2.24) is 14.1 Å². The Labute approximate surface area is 195 Å². The molecule has 2 heterocycles. The first-order chi connectivity index (χ1) is 15.3. The molecule has 4 rings (SSSR count). The van der Waals surface area contributed by atoms with Crippen LogP contribution in [0.1, 0.15) is 42.1 Å². The number of piperazine rings is 1. The minimum absolute atomic E-state index is 0.0122. The van der Waals surface area contributed by atoms with Gasteiger partial charge in [-0.25, -0.2) is 8.42 Å². The topological polar surface area (TPSA) is 60.9 Å². The van der Waals surface area contributed by atoms with Crippen LogP contribution in [0.2, 0.25) is 5.02 Å². The first kappa shape index (κ1) is 23.2. The molecule has 6 nitrogen and oxygen atoms in total. The number of hydrogen-bond acceptors (Lipinski definition) is 4. The number of benzene rings is 2. The maximum absolute atomic E-state index is 13.2. The zero-order valence-electron chi connectivity index (χ0n) is 18.4. The Bertz CT molecular complexity index is 1050. The fourth-order valence-corrected chi connectivity index (χ4v) is 6.37. The SMILES string of the molecule is CC1CCCCN1S(=O)(=O)c1cccc(C(=O)N2CCN(Cc3ccc(Cl)cc3)CC2)c1. The highest BCUT2D eigenvalue weighted by Crippen LogP contribution is 2.26. The molecular formula is C24H30ClN3O3S. The molecule has 0 spiro atoms. The molecule has 1 atom stereocenters. The second-order valence-electron chi connectivity index (χ2n) is 8.68. The van der Waals surface area contributed by atoms with Crippen molar-refractivity contribution >= 4 is 27.5 Å². The summed E-state index contributed by atoms with van der Waals surface area (Å²) >= 11 is 5.96. The molecule has 0 radical (unpaired) electrons. The molecule has 2 saturated heterocycles. The predicted octanol–water partition coefficient (Wildman–Crippen LogP) is 3.86. The van der Waals surface area contributed by atoms with Crippen LogP contribution in [0.5, 0.6) is 0 Å². The molecule has 172 valence electrons. The maximum atomic E-state index is 13.2. The molecule has 0 N–H and O–H groups in total. The van der Waals surface area contributed by atoms with E-state index in [1.54, 1.807) is 28.6 Å². The molecule has 2 aromatic carbocycles. The van der Waals surface area contributed by atoms with E-state index in [4.69, 9.17) is 11.6 Å². The van der Waals surface area contributed by atoms with Gasteiger partial charge in [0.05, 0.1) is 4.90 Å². The molecule has 2 aliphatic heterocycles. The Morgan fingerprint density at radius 1 is 1.00 bits per heavy atom. The van der Waals surface area contributed by atoms with Crippen LogP contribution in [-0.4, -0.2) is 67.2 Å². The van der Waals surface area contributed by atoms with E-state index in [1.165, 1.54) is 5.56 Å². The summed E-state index contributed by atoms with van der Waals surface area (Å²) in [5, 5.41) is 0.725. The van der Waals surface area contributed by atoms with E-state index < -0.39 is 10.0 Å². The van der Waals surface area contributed by atoms with Crippen molar-refractivity contribution in [3.63, 3.8) is 0 Å². The molecule has 1 amide bonds. The van der Waals surface area contributed by atoms with Gasteiger partial charge >= 0.3 is 0 Å². The summed E-state index contributed by atoms with van der Waals surface area (Å²) in [6.45, 7) is 6.10. The largest absolute Gasteiger partial charge is 0.336 e. The minimum Gasteiger partial charge on any atom is -0.336 e. The van der Waals surface area contributed by atoms with Crippen molar-refractivity contribution in [3.8, 4) is 0 Å². The fraction of sp³-hybridized carbons (Fsp3) is 0.458. The molecule has 0 bridgehead atoms. The van der Waals surface area contributed by atoms with Gasteiger partial charge < -0.3 is 4.90 Å². The normalized spacial score (nSPS) is 20.9. The number of hydrogen-bond donors (Lipinski definition) is 0. The number of carbonyl (C=O) groups excluding carboxylic acids is 1. The number of carbonyl (C=O) groups is 1. The number of piperidine rings is 1. The van der Waals surface area contributed by atoms with Gasteiger partial charge in [0.1, 0.15) is 0 Å². The van der Waals surface area contributed by atoms with Crippen molar-refractivity contribution in [2.45, 2.75) is 43.7 Å². The van der Waals surface area contributed by atoms with Crippen LogP contribution in [-0.2, 0) is 16.6 Å². The summed E-state index contributed by atoms with van der Waals surface area (Å²) in [5.41, 5.74) is 1.63. The van der Waals surface area contributed by atoms with E-state index in [-0.39, 0.29) is 16.8 Å². The molecule has 2 aromatic rings. The minimum atomic E-state index is -3.60. The summed E-state index contributed by atoms with van der Waals surface area (Å²) in [6.07, 6.45) is 2.80. The fourth-order valence-electron chi connectivity index (χ4n) is 4.49. The highest BCUT2D eigenvalue weighted by atomic mass is 35.5. The molecule has 2 fully saturated rings. The second-order valence-corrected chi connectivity index (χ2v) is 11.0. The maximum Gasteiger partial charge on any atom is 0.253 e. The van der Waals surface area contributed by atoms with Crippen molar-refractivity contribution < 1.29 is 13.2 Å². The summed E-state index contributed by atoms with van der Waals surface area (Å²) in [5.74, 6) is -0.111. The van der Waals surface area contributed by atoms with E-state index in [0.29, 0.717) is 25.2 Å². The lowest BCUT2D eigenvalue weighted by Gasteiger charge is -2.35. The Hall–Kier alpha value is -1.93. The van der Waals surface area contributed by atoms with Crippen LogP contribution < -0.4 is 0 Å². The molecule has 0 saturated carbocycles. The van der Waals surface area contributed by atoms with Crippen LogP contribution >= 0.6 is 11.6 Å². The Morgan fingerprint density at radius 2 is 1.72 bits per heavy atom. The number of sulfonamides is 1. The highest BCUT2D eigenvalue weighted by Gasteiger charge is 2.31. The van der Waals surface area contributed by atoms with Crippen LogP contribution in [0.25, 0.3) is 0 Å². The standard InChI is InChI=1S/C24H30ClN3O3S/c1-19-5-2-3-12-28(19)32(30,31)23-7-4-6-21(17-23)24(29)27-15-13-26(14-16-27)18-20-8-10-22(25)11-9-20/h4,6-11,17,19H,2-3,5,12-16,18H2,1H3. The Kier molecular flexibility index (Phi) is 7.20. The third kappa shape index (κ3) is 5.17. The molecule has 32 heavy (non-hydrogen) atoms. The van der Waals surface area contributed by atoms with Gasteiger partial charge in [-0.2, -0.15) is 4.31 Å². The van der Waals surface area contributed by atoms with Crippen molar-refractivity contribution in [2.75, 3.05) is 32.7 Å². The number of halogens is 1. The zero-order valence-corrected chi connectivity index (χ0v) is 20.0. The molecule has 0 aromatic heterocycles. The lowest BCUT2D eigenvalue weighted by atomic mass is 10.1. The van der Waals surface area contributed by atoms with Crippen LogP contribution in [0.15, 0.2) is 53.4 Å². The Morgan fingerprint density at radius 3 is 2.41 bits per heavy atom. The van der Waals surface area contributed by atoms with Gasteiger partial charge in [0, 0.05) is 55.9 Å². The highest BCUT2D eigenvalue weighted by molar-refractivity contribution is 7.89. The van der Waals surface area contributed by atoms with Crippen molar-refractivity contribution in [1.29, 1.82) is 0 Å². The molecule has 2 aliphatic rings. The van der Waals surface area contributed by atoms with E-state index >= 15 is 0 Å². The quantitative estimate of drug-likeness (QED) is 0.658. The number of rotatable bonds is 5. The van der Waals surface area contributed by atoms with Gasteiger partial charge in [-0.05, 0) is 55.7 Å². The molecule has 0 aliphatic carbocycles. The van der Waals surface area contributed by atoms with E-state index in [1.807, 2.05) is 36.1 Å². The average molecular weight is 476 g/mol. The first-order valence-corrected chi connectivity index (χ1v) is 13.0. The summed E-state index contributed by atoms with van der Waals surface area (Å²) in [6, 6.07) is 14.3. The smallest absolute Gasteiger partial charge is 0.253 e. The zero-order chi connectivity index (χ0) is 22.7. The first-order valence-electron chi connectivity index (χ1n) is 11.2. The van der Waals surface area contributed by atoms with Crippen LogP contribution in [0.3, 0.4) is 0 Å². The summed E-state index contributed by atoms with van der Waals surface area (Å²) in [7, 11) is -3.60. The lowest BCUT2D eigenvalue weighted by molar-refractivity contribution is 0.0628. The molecule has 8 heteroatoms. The van der Waals surface area contributed by atoms with Gasteiger partial charge in [-0.1, -0.05) is 36.2 Å². The summed E-state index contributed by atoms with van der Waals surface area (Å²) < 4.78 is 27.9. The van der Waals surface area contributed by atoms with E-state index in [0.717, 1.165) is 43.9 Å². The second kappa shape index (κ2) is 9.91. The molecule has 1 unspecified atom stereocenters.